The van der Waals surface area contributed by atoms with Crippen molar-refractivity contribution in [3.05, 3.63) is 24.0 Å². The van der Waals surface area contributed by atoms with Crippen LogP contribution in [0.2, 0.25) is 0 Å². The molecule has 0 radical (unpaired) electrons. The van der Waals surface area contributed by atoms with Crippen LogP contribution < -0.4 is 9.46 Å². The summed E-state index contributed by atoms with van der Waals surface area (Å²) in [6.07, 6.45) is 1.17. The average Bonchev–Trinajstić information content (AvgIpc) is 2.06. The molecule has 0 bridgehead atoms. The Morgan fingerprint density at radius 2 is 2.21 bits per heavy atom. The van der Waals surface area contributed by atoms with Gasteiger partial charge in [0.05, 0.1) is 12.8 Å². The summed E-state index contributed by atoms with van der Waals surface area (Å²) in [7, 11) is -1.63. The zero-order valence-corrected chi connectivity index (χ0v) is 8.65. The number of ether oxygens (including phenoxy) is 1. The minimum Gasteiger partial charge on any atom is -0.494 e. The maximum atomic E-state index is 13.4. The van der Waals surface area contributed by atoms with E-state index in [1.54, 1.807) is 6.07 Å². The highest BCUT2D eigenvalue weighted by atomic mass is 32.2. The second-order valence-corrected chi connectivity index (χ2v) is 4.66. The van der Waals surface area contributed by atoms with E-state index in [1.165, 1.54) is 25.5 Å². The Labute approximate surface area is 82.2 Å². The van der Waals surface area contributed by atoms with Crippen LogP contribution in [-0.4, -0.2) is 17.6 Å². The molecule has 0 aromatic heterocycles. The molecule has 0 fully saturated rings. The number of rotatable bonds is 3. The second-order valence-electron chi connectivity index (χ2n) is 2.77. The Hall–Kier alpha value is -1.30. The predicted molar refractivity (Wildman–Crippen MR) is 53.4 cm³/mol. The van der Waals surface area contributed by atoms with Crippen LogP contribution in [0.15, 0.2) is 18.2 Å². The van der Waals surface area contributed by atoms with Crippen LogP contribution in [-0.2, 0) is 9.92 Å². The van der Waals surface area contributed by atoms with Gasteiger partial charge in [0.2, 0.25) is 0 Å². The van der Waals surface area contributed by atoms with E-state index in [0.29, 0.717) is 0 Å². The Morgan fingerprint density at radius 3 is 2.71 bits per heavy atom. The average molecular weight is 218 g/mol. The van der Waals surface area contributed by atoms with Gasteiger partial charge < -0.3 is 4.74 Å². The maximum Gasteiger partial charge on any atom is 0.188 e. The van der Waals surface area contributed by atoms with Crippen LogP contribution in [0, 0.1) is 10.6 Å². The van der Waals surface area contributed by atoms with Crippen molar-refractivity contribution in [3.63, 3.8) is 0 Å². The molecule has 1 rings (SSSR count). The van der Waals surface area contributed by atoms with E-state index in [1.807, 2.05) is 0 Å². The molecule has 14 heavy (non-hydrogen) atoms. The number of halogens is 1. The van der Waals surface area contributed by atoms with E-state index in [2.05, 4.69) is 4.72 Å². The van der Waals surface area contributed by atoms with Gasteiger partial charge in [0.15, 0.2) is 11.6 Å². The van der Waals surface area contributed by atoms with E-state index < -0.39 is 15.7 Å². The van der Waals surface area contributed by atoms with Gasteiger partial charge in [-0.15, -0.1) is 0 Å². The molecule has 2 N–H and O–H groups in total. The summed E-state index contributed by atoms with van der Waals surface area (Å²) in [5, 5.41) is 0. The SMILES string of the molecule is COc1cccc(NS(C)(=N)=O)c1F. The summed E-state index contributed by atoms with van der Waals surface area (Å²) >= 11 is 0. The van der Waals surface area contributed by atoms with E-state index in [9.17, 15) is 8.60 Å². The molecule has 0 saturated heterocycles. The number of nitrogens with one attached hydrogen (secondary N) is 2. The van der Waals surface area contributed by atoms with E-state index in [-0.39, 0.29) is 11.4 Å². The highest BCUT2D eigenvalue weighted by Crippen LogP contribution is 2.24. The highest BCUT2D eigenvalue weighted by Gasteiger charge is 2.09. The van der Waals surface area contributed by atoms with Gasteiger partial charge in [0.25, 0.3) is 0 Å². The van der Waals surface area contributed by atoms with Gasteiger partial charge in [0.1, 0.15) is 9.92 Å². The van der Waals surface area contributed by atoms with Crippen molar-refractivity contribution < 1.29 is 13.3 Å². The van der Waals surface area contributed by atoms with Crippen molar-refractivity contribution in [1.82, 2.24) is 0 Å². The third-order valence-electron chi connectivity index (χ3n) is 1.49. The molecule has 1 aromatic rings. The molecule has 0 saturated carbocycles. The van der Waals surface area contributed by atoms with Crippen molar-refractivity contribution in [1.29, 1.82) is 4.78 Å². The smallest absolute Gasteiger partial charge is 0.188 e. The minimum atomic E-state index is -2.97. The predicted octanol–water partition coefficient (Wildman–Crippen LogP) is 1.84. The molecule has 6 heteroatoms. The molecule has 0 aliphatic rings. The fourth-order valence-electron chi connectivity index (χ4n) is 0.957. The lowest BCUT2D eigenvalue weighted by Gasteiger charge is -2.09. The van der Waals surface area contributed by atoms with Gasteiger partial charge in [-0.1, -0.05) is 6.07 Å². The second kappa shape index (κ2) is 3.83. The summed E-state index contributed by atoms with van der Waals surface area (Å²) < 4.78 is 38.6. The zero-order valence-electron chi connectivity index (χ0n) is 7.83. The Morgan fingerprint density at radius 1 is 1.57 bits per heavy atom. The molecule has 78 valence electrons. The third kappa shape index (κ3) is 2.59. The molecule has 1 unspecified atom stereocenters. The summed E-state index contributed by atoms with van der Waals surface area (Å²) in [5.74, 6) is -0.588. The van der Waals surface area contributed by atoms with E-state index >= 15 is 0 Å². The summed E-state index contributed by atoms with van der Waals surface area (Å²) in [5.41, 5.74) is 0.00634. The van der Waals surface area contributed by atoms with Crippen LogP contribution in [0.5, 0.6) is 5.75 Å². The molecule has 1 atom stereocenters. The fraction of sp³-hybridized carbons (Fsp3) is 0.250. The molecular weight excluding hydrogens is 207 g/mol. The Bertz CT molecular complexity index is 431. The van der Waals surface area contributed by atoms with Gasteiger partial charge in [-0.05, 0) is 12.1 Å². The van der Waals surface area contributed by atoms with E-state index in [4.69, 9.17) is 9.52 Å². The lowest BCUT2D eigenvalue weighted by Crippen LogP contribution is -2.09. The highest BCUT2D eigenvalue weighted by molar-refractivity contribution is 7.93. The molecule has 1 aromatic carbocycles. The monoisotopic (exact) mass is 218 g/mol. The number of hydrogen-bond acceptors (Lipinski definition) is 3. The Balaban J connectivity index is 3.10. The first kappa shape index (κ1) is 10.8. The molecule has 0 aliphatic heterocycles. The van der Waals surface area contributed by atoms with E-state index in [0.717, 1.165) is 0 Å². The molecule has 4 nitrogen and oxygen atoms in total. The number of benzene rings is 1. The fourth-order valence-corrected chi connectivity index (χ4v) is 1.53. The molecular formula is C8H11FN2O2S. The van der Waals surface area contributed by atoms with Crippen LogP contribution >= 0.6 is 0 Å². The van der Waals surface area contributed by atoms with Crippen molar-refractivity contribution in [3.8, 4) is 5.75 Å². The third-order valence-corrected chi connectivity index (χ3v) is 2.10. The number of methoxy groups -OCH3 is 1. The molecule has 0 aliphatic carbocycles. The van der Waals surface area contributed by atoms with Crippen molar-refractivity contribution in [2.45, 2.75) is 0 Å². The first-order valence-electron chi connectivity index (χ1n) is 3.78. The largest absolute Gasteiger partial charge is 0.494 e. The van der Waals surface area contributed by atoms with Gasteiger partial charge in [-0.2, -0.15) is 0 Å². The summed E-state index contributed by atoms with van der Waals surface area (Å²) in [4.78, 5) is 0. The molecule has 0 spiro atoms. The van der Waals surface area contributed by atoms with Crippen LogP contribution in [0.3, 0.4) is 0 Å². The number of hydrogen-bond donors (Lipinski definition) is 2. The first-order valence-corrected chi connectivity index (χ1v) is 5.74. The van der Waals surface area contributed by atoms with Crippen LogP contribution in [0.1, 0.15) is 0 Å². The minimum absolute atomic E-state index is 0.00634. The number of anilines is 1. The van der Waals surface area contributed by atoms with Crippen molar-refractivity contribution in [2.24, 2.45) is 0 Å². The normalized spacial score (nSPS) is 14.5. The van der Waals surface area contributed by atoms with Gasteiger partial charge in [0, 0.05) is 6.26 Å². The topological polar surface area (TPSA) is 62.2 Å². The van der Waals surface area contributed by atoms with Crippen LogP contribution in [0.25, 0.3) is 0 Å². The molecule has 0 amide bonds. The van der Waals surface area contributed by atoms with Crippen molar-refractivity contribution >= 4 is 15.6 Å². The van der Waals surface area contributed by atoms with Crippen molar-refractivity contribution in [2.75, 3.05) is 18.1 Å². The van der Waals surface area contributed by atoms with Crippen LogP contribution in [0.4, 0.5) is 10.1 Å². The molecule has 0 heterocycles. The first-order chi connectivity index (χ1) is 6.44. The standard InChI is InChI=1S/C8H11FN2O2S/c1-13-7-5-3-4-6(8(7)9)11-14(2,10)12/h3-5H,1-2H3,(H2,10,11,12). The lowest BCUT2D eigenvalue weighted by molar-refractivity contribution is 0.387. The summed E-state index contributed by atoms with van der Waals surface area (Å²) in [6.45, 7) is 0. The quantitative estimate of drug-likeness (QED) is 0.813. The van der Waals surface area contributed by atoms with Gasteiger partial charge in [-0.3, -0.25) is 4.72 Å². The lowest BCUT2D eigenvalue weighted by atomic mass is 10.3. The van der Waals surface area contributed by atoms with Gasteiger partial charge in [-0.25, -0.2) is 13.4 Å². The summed E-state index contributed by atoms with van der Waals surface area (Å²) in [6, 6.07) is 4.40. The Kier molecular flexibility index (Phi) is 2.95. The zero-order chi connectivity index (χ0) is 10.8. The van der Waals surface area contributed by atoms with Gasteiger partial charge >= 0.3 is 0 Å². The maximum absolute atomic E-state index is 13.4.